The minimum atomic E-state index is -0.914. The molecule has 4 heteroatoms. The van der Waals surface area contributed by atoms with Crippen LogP contribution >= 0.6 is 0 Å². The molecule has 1 amide bonds. The maximum Gasteiger partial charge on any atom is 0.307 e. The zero-order chi connectivity index (χ0) is 13.9. The molecule has 1 aliphatic carbocycles. The number of amides is 1. The summed E-state index contributed by atoms with van der Waals surface area (Å²) in [6.07, 6.45) is 3.14. The number of carbonyl (C=O) groups excluding carboxylic acids is 1. The average Bonchev–Trinajstić information content (AvgIpc) is 2.31. The van der Waals surface area contributed by atoms with Crippen molar-refractivity contribution < 1.29 is 14.7 Å². The minimum absolute atomic E-state index is 0.128. The lowest BCUT2D eigenvalue weighted by Crippen LogP contribution is -2.44. The van der Waals surface area contributed by atoms with Gasteiger partial charge in [-0.05, 0) is 31.1 Å². The second-order valence-electron chi connectivity index (χ2n) is 5.89. The summed E-state index contributed by atoms with van der Waals surface area (Å²) < 4.78 is 0. The molecule has 0 aromatic rings. The van der Waals surface area contributed by atoms with Crippen LogP contribution in [0.4, 0.5) is 0 Å². The second kappa shape index (κ2) is 6.21. The Balaban J connectivity index is 2.47. The van der Waals surface area contributed by atoms with Crippen molar-refractivity contribution in [2.75, 3.05) is 0 Å². The summed E-state index contributed by atoms with van der Waals surface area (Å²) in [6.45, 7) is 7.73. The van der Waals surface area contributed by atoms with Gasteiger partial charge in [-0.2, -0.15) is 0 Å². The fraction of sp³-hybridized carbons (Fsp3) is 0.857. The van der Waals surface area contributed by atoms with Gasteiger partial charge < -0.3 is 10.4 Å². The van der Waals surface area contributed by atoms with Crippen molar-refractivity contribution in [3.8, 4) is 0 Å². The van der Waals surface area contributed by atoms with Crippen molar-refractivity contribution in [2.45, 2.75) is 53.0 Å². The van der Waals surface area contributed by atoms with Gasteiger partial charge in [0.05, 0.1) is 5.92 Å². The predicted molar refractivity (Wildman–Crippen MR) is 70.1 cm³/mol. The first-order chi connectivity index (χ1) is 8.32. The molecule has 0 aromatic carbocycles. The molecular formula is C14H25NO3. The Morgan fingerprint density at radius 3 is 2.22 bits per heavy atom. The highest BCUT2D eigenvalue weighted by molar-refractivity contribution is 5.84. The zero-order valence-electron chi connectivity index (χ0n) is 11.8. The van der Waals surface area contributed by atoms with Gasteiger partial charge in [-0.15, -0.1) is 0 Å². The fourth-order valence-electron chi connectivity index (χ4n) is 2.45. The van der Waals surface area contributed by atoms with Crippen LogP contribution in [0.25, 0.3) is 0 Å². The van der Waals surface area contributed by atoms with Crippen molar-refractivity contribution in [2.24, 2.45) is 23.7 Å². The van der Waals surface area contributed by atoms with E-state index in [0.717, 1.165) is 19.3 Å². The maximum absolute atomic E-state index is 12.0. The quantitative estimate of drug-likeness (QED) is 0.810. The van der Waals surface area contributed by atoms with E-state index in [4.69, 9.17) is 5.11 Å². The molecule has 18 heavy (non-hydrogen) atoms. The summed E-state index contributed by atoms with van der Waals surface area (Å²) in [5.41, 5.74) is 0. The van der Waals surface area contributed by atoms with E-state index in [0.29, 0.717) is 11.8 Å². The van der Waals surface area contributed by atoms with Crippen molar-refractivity contribution in [3.63, 3.8) is 0 Å². The van der Waals surface area contributed by atoms with Gasteiger partial charge in [0.1, 0.15) is 0 Å². The van der Waals surface area contributed by atoms with Crippen molar-refractivity contribution >= 4 is 11.9 Å². The number of aliphatic carboxylic acids is 1. The van der Waals surface area contributed by atoms with Crippen molar-refractivity contribution in [3.05, 3.63) is 0 Å². The summed E-state index contributed by atoms with van der Waals surface area (Å²) in [4.78, 5) is 22.8. The van der Waals surface area contributed by atoms with Crippen LogP contribution in [0.15, 0.2) is 0 Å². The van der Waals surface area contributed by atoms with Crippen LogP contribution < -0.4 is 5.32 Å². The Morgan fingerprint density at radius 1 is 1.11 bits per heavy atom. The molecule has 0 aliphatic heterocycles. The van der Waals surface area contributed by atoms with Gasteiger partial charge in [0.15, 0.2) is 0 Å². The fourth-order valence-corrected chi connectivity index (χ4v) is 2.45. The minimum Gasteiger partial charge on any atom is -0.481 e. The maximum atomic E-state index is 12.0. The summed E-state index contributed by atoms with van der Waals surface area (Å²) in [7, 11) is 0. The number of hydrogen-bond donors (Lipinski definition) is 2. The van der Waals surface area contributed by atoms with Crippen LogP contribution in [0.1, 0.15) is 47.0 Å². The van der Waals surface area contributed by atoms with Gasteiger partial charge >= 0.3 is 5.97 Å². The number of carbonyl (C=O) groups is 2. The number of carboxylic acids is 1. The third kappa shape index (κ3) is 3.72. The molecular weight excluding hydrogens is 230 g/mol. The molecule has 0 heterocycles. The lowest BCUT2D eigenvalue weighted by molar-refractivity contribution is -0.146. The standard InChI is InChI=1S/C14H25NO3/c1-8-5-6-12(7-9(8)2)15-13(16)10(3)11(4)14(17)18/h8-12H,5-7H2,1-4H3,(H,15,16)(H,17,18). The Morgan fingerprint density at radius 2 is 1.72 bits per heavy atom. The smallest absolute Gasteiger partial charge is 0.307 e. The Hall–Kier alpha value is -1.06. The van der Waals surface area contributed by atoms with E-state index in [1.165, 1.54) is 0 Å². The van der Waals surface area contributed by atoms with E-state index in [1.807, 2.05) is 0 Å². The molecule has 1 saturated carbocycles. The van der Waals surface area contributed by atoms with Crippen LogP contribution in [-0.4, -0.2) is 23.0 Å². The second-order valence-corrected chi connectivity index (χ2v) is 5.89. The van der Waals surface area contributed by atoms with Crippen LogP contribution in [0, 0.1) is 23.7 Å². The molecule has 1 rings (SSSR count). The molecule has 2 N–H and O–H groups in total. The molecule has 5 atom stereocenters. The van der Waals surface area contributed by atoms with E-state index >= 15 is 0 Å². The van der Waals surface area contributed by atoms with E-state index in [2.05, 4.69) is 19.2 Å². The van der Waals surface area contributed by atoms with Crippen molar-refractivity contribution in [1.82, 2.24) is 5.32 Å². The van der Waals surface area contributed by atoms with Gasteiger partial charge in [-0.1, -0.05) is 27.7 Å². The lowest BCUT2D eigenvalue weighted by atomic mass is 9.79. The first-order valence-corrected chi connectivity index (χ1v) is 6.86. The van der Waals surface area contributed by atoms with Gasteiger partial charge in [0.25, 0.3) is 0 Å². The third-order valence-corrected chi connectivity index (χ3v) is 4.50. The van der Waals surface area contributed by atoms with E-state index in [-0.39, 0.29) is 11.9 Å². The molecule has 1 aliphatic rings. The Bertz CT molecular complexity index is 316. The van der Waals surface area contributed by atoms with Gasteiger partial charge in [-0.3, -0.25) is 9.59 Å². The normalized spacial score (nSPS) is 31.4. The van der Waals surface area contributed by atoms with Crippen LogP contribution in [-0.2, 0) is 9.59 Å². The van der Waals surface area contributed by atoms with E-state index < -0.39 is 17.8 Å². The van der Waals surface area contributed by atoms with Gasteiger partial charge in [0, 0.05) is 12.0 Å². The highest BCUT2D eigenvalue weighted by Crippen LogP contribution is 2.29. The highest BCUT2D eigenvalue weighted by Gasteiger charge is 2.30. The number of rotatable bonds is 4. The molecule has 4 nitrogen and oxygen atoms in total. The van der Waals surface area contributed by atoms with Gasteiger partial charge in [0.2, 0.25) is 5.91 Å². The molecule has 0 bridgehead atoms. The van der Waals surface area contributed by atoms with Crippen LogP contribution in [0.3, 0.4) is 0 Å². The van der Waals surface area contributed by atoms with Crippen molar-refractivity contribution in [1.29, 1.82) is 0 Å². The largest absolute Gasteiger partial charge is 0.481 e. The average molecular weight is 255 g/mol. The molecule has 5 unspecified atom stereocenters. The summed E-state index contributed by atoms with van der Waals surface area (Å²) >= 11 is 0. The first-order valence-electron chi connectivity index (χ1n) is 6.86. The third-order valence-electron chi connectivity index (χ3n) is 4.50. The number of carboxylic acid groups (broad SMARTS) is 1. The summed E-state index contributed by atoms with van der Waals surface area (Å²) in [6, 6.07) is 0.215. The molecule has 0 saturated heterocycles. The van der Waals surface area contributed by atoms with E-state index in [9.17, 15) is 9.59 Å². The molecule has 1 fully saturated rings. The topological polar surface area (TPSA) is 66.4 Å². The first kappa shape index (κ1) is 15.0. The highest BCUT2D eigenvalue weighted by atomic mass is 16.4. The molecule has 0 radical (unpaired) electrons. The number of hydrogen-bond acceptors (Lipinski definition) is 2. The summed E-state index contributed by atoms with van der Waals surface area (Å²) in [5, 5.41) is 11.9. The Kier molecular flexibility index (Phi) is 5.17. The number of nitrogens with one attached hydrogen (secondary N) is 1. The van der Waals surface area contributed by atoms with Crippen LogP contribution in [0.5, 0.6) is 0 Å². The predicted octanol–water partition coefficient (Wildman–Crippen LogP) is 2.28. The van der Waals surface area contributed by atoms with E-state index in [1.54, 1.807) is 13.8 Å². The molecule has 0 spiro atoms. The zero-order valence-corrected chi connectivity index (χ0v) is 11.8. The van der Waals surface area contributed by atoms with Gasteiger partial charge in [-0.25, -0.2) is 0 Å². The SMILES string of the molecule is CC1CCC(NC(=O)C(C)C(C)C(=O)O)CC1C. The molecule has 104 valence electrons. The molecule has 0 aromatic heterocycles. The lowest BCUT2D eigenvalue weighted by Gasteiger charge is -2.33. The monoisotopic (exact) mass is 255 g/mol. The van der Waals surface area contributed by atoms with Crippen LogP contribution in [0.2, 0.25) is 0 Å². The Labute approximate surface area is 109 Å². The summed E-state index contributed by atoms with van der Waals surface area (Å²) in [5.74, 6) is -0.813.